The second-order valence-corrected chi connectivity index (χ2v) is 9.21. The first-order valence-electron chi connectivity index (χ1n) is 11.3. The van der Waals surface area contributed by atoms with E-state index in [0.717, 1.165) is 35.1 Å². The minimum absolute atomic E-state index is 0.0126. The molecule has 0 spiro atoms. The number of aromatic nitrogens is 3. The number of hydrogen-bond donors (Lipinski definition) is 0. The van der Waals surface area contributed by atoms with Crippen LogP contribution in [0.3, 0.4) is 0 Å². The topological polar surface area (TPSA) is 66.6 Å². The van der Waals surface area contributed by atoms with Gasteiger partial charge >= 0.3 is 0 Å². The number of benzene rings is 2. The molecule has 2 heterocycles. The molecular weight excluding hydrogens is 432 g/mol. The molecule has 7 nitrogen and oxygen atoms in total. The lowest BCUT2D eigenvalue weighted by atomic mass is 10.1. The van der Waals surface area contributed by atoms with Crippen molar-refractivity contribution in [2.75, 3.05) is 26.4 Å². The predicted octanol–water partition coefficient (Wildman–Crippen LogP) is 4.07. The summed E-state index contributed by atoms with van der Waals surface area (Å²) in [5.41, 5.74) is 3.21. The fourth-order valence-corrected chi connectivity index (χ4v) is 4.83. The molecule has 0 fully saturated rings. The largest absolute Gasteiger partial charge is 0.300 e. The Kier molecular flexibility index (Phi) is 7.57. The zero-order valence-corrected chi connectivity index (χ0v) is 20.2. The molecule has 0 aliphatic carbocycles. The van der Waals surface area contributed by atoms with Gasteiger partial charge in [-0.1, -0.05) is 79.3 Å². The van der Waals surface area contributed by atoms with E-state index < -0.39 is 0 Å². The molecule has 172 valence electrons. The molecule has 1 aliphatic heterocycles. The number of thioether (sulfide) groups is 1. The van der Waals surface area contributed by atoms with Gasteiger partial charge < -0.3 is 4.57 Å². The van der Waals surface area contributed by atoms with E-state index in [1.807, 2.05) is 48.5 Å². The lowest BCUT2D eigenvalue weighted by Crippen LogP contribution is -2.25. The fourth-order valence-electron chi connectivity index (χ4n) is 4.02. The molecule has 4 rings (SSSR count). The van der Waals surface area contributed by atoms with Crippen LogP contribution in [0.1, 0.15) is 42.8 Å². The summed E-state index contributed by atoms with van der Waals surface area (Å²) < 4.78 is 2.14. The quantitative estimate of drug-likeness (QED) is 0.449. The van der Waals surface area contributed by atoms with E-state index in [9.17, 15) is 4.79 Å². The van der Waals surface area contributed by atoms with Gasteiger partial charge in [0.2, 0.25) is 0 Å². The Balaban J connectivity index is 1.50. The normalized spacial score (nSPS) is 14.5. The van der Waals surface area contributed by atoms with Crippen LogP contribution in [0.15, 0.2) is 70.9 Å². The summed E-state index contributed by atoms with van der Waals surface area (Å²) >= 11 is 1.43. The van der Waals surface area contributed by atoms with Crippen LogP contribution in [0.4, 0.5) is 0 Å². The molecule has 0 unspecified atom stereocenters. The molecule has 3 aromatic rings. The number of carbonyl (C=O) groups is 1. The van der Waals surface area contributed by atoms with Gasteiger partial charge in [-0.05, 0) is 31.6 Å². The van der Waals surface area contributed by atoms with Gasteiger partial charge in [-0.3, -0.25) is 9.69 Å². The van der Waals surface area contributed by atoms with Crippen molar-refractivity contribution in [2.45, 2.75) is 37.5 Å². The summed E-state index contributed by atoms with van der Waals surface area (Å²) in [6.45, 7) is 3.44. The molecule has 8 heteroatoms. The van der Waals surface area contributed by atoms with Crippen molar-refractivity contribution in [3.05, 3.63) is 77.6 Å². The fraction of sp³-hybridized carbons (Fsp3) is 0.360. The molecule has 1 atom stereocenters. The Morgan fingerprint density at radius 1 is 1.06 bits per heavy atom. The van der Waals surface area contributed by atoms with Crippen molar-refractivity contribution in [3.63, 3.8) is 0 Å². The van der Waals surface area contributed by atoms with Gasteiger partial charge in [-0.25, -0.2) is 5.01 Å². The van der Waals surface area contributed by atoms with Gasteiger partial charge in [-0.15, -0.1) is 10.2 Å². The first-order valence-corrected chi connectivity index (χ1v) is 12.2. The summed E-state index contributed by atoms with van der Waals surface area (Å²) in [7, 11) is 4.11. The van der Waals surface area contributed by atoms with Crippen LogP contribution in [0.2, 0.25) is 0 Å². The smallest absolute Gasteiger partial charge is 0.253 e. The van der Waals surface area contributed by atoms with Crippen LogP contribution < -0.4 is 0 Å². The Morgan fingerprint density at radius 2 is 1.76 bits per heavy atom. The van der Waals surface area contributed by atoms with E-state index in [-0.39, 0.29) is 17.7 Å². The number of nitrogens with zero attached hydrogens (tertiary/aromatic N) is 6. The maximum atomic E-state index is 12.9. The number of hydrazone groups is 1. The molecule has 0 saturated carbocycles. The SMILES string of the molecule is CC[C@@H](c1nnc(SCC(=O)N2CCC(c3ccccc3)=N2)n1Cc1ccccc1)N(C)C. The molecule has 1 aliphatic rings. The summed E-state index contributed by atoms with van der Waals surface area (Å²) in [5.74, 6) is 1.19. The van der Waals surface area contributed by atoms with Gasteiger partial charge in [0.25, 0.3) is 5.91 Å². The average Bonchev–Trinajstić information content (AvgIpc) is 3.48. The second kappa shape index (κ2) is 10.8. The summed E-state index contributed by atoms with van der Waals surface area (Å²) in [6.07, 6.45) is 1.70. The highest BCUT2D eigenvalue weighted by Gasteiger charge is 2.25. The molecule has 1 aromatic heterocycles. The molecule has 0 bridgehead atoms. The van der Waals surface area contributed by atoms with Crippen LogP contribution in [-0.4, -0.2) is 62.7 Å². The van der Waals surface area contributed by atoms with Crippen molar-refractivity contribution < 1.29 is 4.79 Å². The Labute approximate surface area is 199 Å². The summed E-state index contributed by atoms with van der Waals surface area (Å²) in [6, 6.07) is 20.5. The Hall–Kier alpha value is -2.97. The monoisotopic (exact) mass is 462 g/mol. The predicted molar refractivity (Wildman–Crippen MR) is 132 cm³/mol. The first-order chi connectivity index (χ1) is 16.1. The number of rotatable bonds is 9. The molecular formula is C25H30N6OS. The van der Waals surface area contributed by atoms with Crippen molar-refractivity contribution in [3.8, 4) is 0 Å². The van der Waals surface area contributed by atoms with Crippen molar-refractivity contribution >= 4 is 23.4 Å². The third-order valence-electron chi connectivity index (χ3n) is 5.76. The van der Waals surface area contributed by atoms with Gasteiger partial charge in [0, 0.05) is 6.42 Å². The Bertz CT molecular complexity index is 1100. The van der Waals surface area contributed by atoms with Crippen molar-refractivity contribution in [1.82, 2.24) is 24.7 Å². The van der Waals surface area contributed by atoms with Crippen LogP contribution in [0.25, 0.3) is 0 Å². The van der Waals surface area contributed by atoms with E-state index in [0.29, 0.717) is 13.1 Å². The first kappa shape index (κ1) is 23.2. The van der Waals surface area contributed by atoms with Crippen LogP contribution in [0, 0.1) is 0 Å². The minimum atomic E-state index is -0.0126. The molecule has 33 heavy (non-hydrogen) atoms. The summed E-state index contributed by atoms with van der Waals surface area (Å²) in [4.78, 5) is 15.1. The zero-order valence-electron chi connectivity index (χ0n) is 19.4. The molecule has 2 aromatic carbocycles. The van der Waals surface area contributed by atoms with E-state index in [1.54, 1.807) is 5.01 Å². The highest BCUT2D eigenvalue weighted by Crippen LogP contribution is 2.27. The maximum absolute atomic E-state index is 12.9. The summed E-state index contributed by atoms with van der Waals surface area (Å²) in [5, 5.41) is 15.9. The van der Waals surface area contributed by atoms with Crippen LogP contribution in [-0.2, 0) is 11.3 Å². The molecule has 0 radical (unpaired) electrons. The minimum Gasteiger partial charge on any atom is -0.300 e. The molecule has 0 N–H and O–H groups in total. The Morgan fingerprint density at radius 3 is 2.42 bits per heavy atom. The lowest BCUT2D eigenvalue weighted by molar-refractivity contribution is -0.127. The third kappa shape index (κ3) is 5.51. The zero-order chi connectivity index (χ0) is 23.2. The number of hydrogen-bond acceptors (Lipinski definition) is 6. The highest BCUT2D eigenvalue weighted by molar-refractivity contribution is 7.99. The van der Waals surface area contributed by atoms with Gasteiger partial charge in [0.15, 0.2) is 11.0 Å². The van der Waals surface area contributed by atoms with E-state index >= 15 is 0 Å². The molecule has 0 saturated heterocycles. The standard InChI is InChI=1S/C25H30N6OS/c1-4-22(29(2)3)24-26-27-25(30(24)17-19-11-7-5-8-12-19)33-18-23(32)31-16-15-21(28-31)20-13-9-6-10-14-20/h5-14,22H,4,15-18H2,1-3H3/t22-/m0/s1. The average molecular weight is 463 g/mol. The molecule has 1 amide bonds. The van der Waals surface area contributed by atoms with E-state index in [4.69, 9.17) is 0 Å². The van der Waals surface area contributed by atoms with Crippen molar-refractivity contribution in [2.24, 2.45) is 5.10 Å². The highest BCUT2D eigenvalue weighted by atomic mass is 32.2. The van der Waals surface area contributed by atoms with Crippen LogP contribution in [0.5, 0.6) is 0 Å². The van der Waals surface area contributed by atoms with E-state index in [2.05, 4.69) is 57.9 Å². The van der Waals surface area contributed by atoms with Crippen LogP contribution >= 0.6 is 11.8 Å². The van der Waals surface area contributed by atoms with Crippen molar-refractivity contribution in [1.29, 1.82) is 0 Å². The second-order valence-electron chi connectivity index (χ2n) is 8.27. The van der Waals surface area contributed by atoms with E-state index in [1.165, 1.54) is 17.3 Å². The number of carbonyl (C=O) groups excluding carboxylic acids is 1. The number of amides is 1. The third-order valence-corrected chi connectivity index (χ3v) is 6.71. The van der Waals surface area contributed by atoms with Gasteiger partial charge in [0.05, 0.1) is 30.6 Å². The van der Waals surface area contributed by atoms with Gasteiger partial charge in [-0.2, -0.15) is 5.10 Å². The van der Waals surface area contributed by atoms with Gasteiger partial charge in [0.1, 0.15) is 0 Å². The maximum Gasteiger partial charge on any atom is 0.253 e. The lowest BCUT2D eigenvalue weighted by Gasteiger charge is -2.23.